The predicted molar refractivity (Wildman–Crippen MR) is 76.2 cm³/mol. The highest BCUT2D eigenvalue weighted by atomic mass is 35.5. The molecular weight excluding hydrogens is 246 g/mol. The molecule has 18 heavy (non-hydrogen) atoms. The molecule has 2 rings (SSSR count). The fourth-order valence-corrected chi connectivity index (χ4v) is 3.31. The van der Waals surface area contributed by atoms with Gasteiger partial charge in [0.2, 0.25) is 0 Å². The molecular formula is C14H24ClN3. The maximum Gasteiger partial charge on any atom is 0.0821 e. The topological polar surface area (TPSA) is 29.9 Å². The van der Waals surface area contributed by atoms with E-state index in [4.69, 9.17) is 11.6 Å². The summed E-state index contributed by atoms with van der Waals surface area (Å²) < 4.78 is 2.07. The molecule has 0 spiro atoms. The summed E-state index contributed by atoms with van der Waals surface area (Å²) in [6.45, 7) is 6.34. The van der Waals surface area contributed by atoms with Crippen LogP contribution in [0.15, 0.2) is 6.20 Å². The Morgan fingerprint density at radius 3 is 2.89 bits per heavy atom. The van der Waals surface area contributed by atoms with E-state index in [1.165, 1.54) is 37.8 Å². The Hall–Kier alpha value is -0.540. The van der Waals surface area contributed by atoms with Crippen LogP contribution in [0, 0.1) is 0 Å². The van der Waals surface area contributed by atoms with Crippen molar-refractivity contribution in [3.05, 3.63) is 16.9 Å². The molecule has 0 amide bonds. The zero-order chi connectivity index (χ0) is 13.0. The Bertz CT molecular complexity index is 375. The van der Waals surface area contributed by atoms with Crippen molar-refractivity contribution >= 4 is 11.6 Å². The summed E-state index contributed by atoms with van der Waals surface area (Å²) in [7, 11) is 0. The number of halogens is 1. The number of hydrogen-bond acceptors (Lipinski definition) is 2. The van der Waals surface area contributed by atoms with Gasteiger partial charge in [0, 0.05) is 18.5 Å². The lowest BCUT2D eigenvalue weighted by Crippen LogP contribution is -2.38. The highest BCUT2D eigenvalue weighted by Gasteiger charge is 2.30. The van der Waals surface area contributed by atoms with Crippen molar-refractivity contribution in [1.29, 1.82) is 0 Å². The van der Waals surface area contributed by atoms with Crippen LogP contribution in [0.25, 0.3) is 0 Å². The molecule has 0 aromatic carbocycles. The lowest BCUT2D eigenvalue weighted by molar-refractivity contribution is 0.315. The standard InChI is InChI=1S/C14H24ClN3/c1-3-9-16-13-8-6-5-7-11(13)14-12(15)10-17-18(14)4-2/h10-11,13,16H,3-9H2,1-2H3. The van der Waals surface area contributed by atoms with E-state index in [9.17, 15) is 0 Å². The van der Waals surface area contributed by atoms with Gasteiger partial charge in [0.25, 0.3) is 0 Å². The first-order valence-electron chi connectivity index (χ1n) is 7.22. The summed E-state index contributed by atoms with van der Waals surface area (Å²) in [5, 5.41) is 8.91. The minimum absolute atomic E-state index is 0.528. The van der Waals surface area contributed by atoms with E-state index in [1.54, 1.807) is 6.20 Å². The molecule has 0 radical (unpaired) electrons. The maximum absolute atomic E-state index is 6.35. The number of aryl methyl sites for hydroxylation is 1. The lowest BCUT2D eigenvalue weighted by Gasteiger charge is -2.33. The number of rotatable bonds is 5. The number of hydrogen-bond donors (Lipinski definition) is 1. The van der Waals surface area contributed by atoms with Gasteiger partial charge in [0.05, 0.1) is 16.9 Å². The first-order chi connectivity index (χ1) is 8.77. The van der Waals surface area contributed by atoms with Crippen LogP contribution in [-0.4, -0.2) is 22.4 Å². The molecule has 0 aliphatic heterocycles. The molecule has 1 fully saturated rings. The van der Waals surface area contributed by atoms with Gasteiger partial charge < -0.3 is 5.32 Å². The summed E-state index contributed by atoms with van der Waals surface area (Å²) in [5.74, 6) is 0.528. The van der Waals surface area contributed by atoms with Crippen molar-refractivity contribution in [2.75, 3.05) is 6.54 Å². The van der Waals surface area contributed by atoms with E-state index >= 15 is 0 Å². The third kappa shape index (κ3) is 2.89. The largest absolute Gasteiger partial charge is 0.313 e. The SMILES string of the molecule is CCCNC1CCCCC1c1c(Cl)cnn1CC. The van der Waals surface area contributed by atoms with Crippen molar-refractivity contribution in [1.82, 2.24) is 15.1 Å². The molecule has 2 unspecified atom stereocenters. The lowest BCUT2D eigenvalue weighted by atomic mass is 9.82. The number of nitrogens with one attached hydrogen (secondary N) is 1. The third-order valence-corrected chi connectivity index (χ3v) is 4.20. The third-order valence-electron chi connectivity index (χ3n) is 3.91. The minimum atomic E-state index is 0.528. The van der Waals surface area contributed by atoms with Crippen LogP contribution in [0.3, 0.4) is 0 Å². The molecule has 102 valence electrons. The summed E-state index contributed by atoms with van der Waals surface area (Å²) in [6.07, 6.45) is 8.11. The van der Waals surface area contributed by atoms with E-state index in [2.05, 4.69) is 28.9 Å². The van der Waals surface area contributed by atoms with Gasteiger partial charge >= 0.3 is 0 Å². The van der Waals surface area contributed by atoms with Crippen LogP contribution < -0.4 is 5.32 Å². The highest BCUT2D eigenvalue weighted by molar-refractivity contribution is 6.31. The van der Waals surface area contributed by atoms with Gasteiger partial charge in [-0.3, -0.25) is 4.68 Å². The van der Waals surface area contributed by atoms with Crippen molar-refractivity contribution in [2.24, 2.45) is 0 Å². The van der Waals surface area contributed by atoms with Crippen molar-refractivity contribution in [2.45, 2.75) is 64.5 Å². The smallest absolute Gasteiger partial charge is 0.0821 e. The van der Waals surface area contributed by atoms with Gasteiger partial charge in [0.1, 0.15) is 0 Å². The zero-order valence-corrected chi connectivity index (χ0v) is 12.2. The number of aromatic nitrogens is 2. The van der Waals surface area contributed by atoms with Crippen LogP contribution in [0.5, 0.6) is 0 Å². The molecule has 1 aliphatic carbocycles. The van der Waals surface area contributed by atoms with Crippen molar-refractivity contribution in [3.63, 3.8) is 0 Å². The summed E-state index contributed by atoms with van der Waals surface area (Å²) in [4.78, 5) is 0. The quantitative estimate of drug-likeness (QED) is 0.885. The maximum atomic E-state index is 6.35. The van der Waals surface area contributed by atoms with Crippen LogP contribution in [0.2, 0.25) is 5.02 Å². The normalized spacial score (nSPS) is 24.4. The fourth-order valence-electron chi connectivity index (χ4n) is 3.02. The summed E-state index contributed by atoms with van der Waals surface area (Å²) >= 11 is 6.35. The summed E-state index contributed by atoms with van der Waals surface area (Å²) in [6, 6.07) is 0.568. The predicted octanol–water partition coefficient (Wildman–Crippen LogP) is 3.58. The average Bonchev–Trinajstić information content (AvgIpc) is 2.77. The van der Waals surface area contributed by atoms with Crippen LogP contribution in [0.1, 0.15) is 57.6 Å². The van der Waals surface area contributed by atoms with Gasteiger partial charge in [0.15, 0.2) is 0 Å². The average molecular weight is 270 g/mol. The molecule has 0 bridgehead atoms. The van der Waals surface area contributed by atoms with Crippen LogP contribution in [0.4, 0.5) is 0 Å². The van der Waals surface area contributed by atoms with Gasteiger partial charge in [-0.05, 0) is 32.7 Å². The number of nitrogens with zero attached hydrogens (tertiary/aromatic N) is 2. The second-order valence-corrected chi connectivity index (χ2v) is 5.55. The van der Waals surface area contributed by atoms with Gasteiger partial charge in [-0.1, -0.05) is 31.4 Å². The highest BCUT2D eigenvalue weighted by Crippen LogP contribution is 2.36. The van der Waals surface area contributed by atoms with Crippen molar-refractivity contribution in [3.8, 4) is 0 Å². The Kier molecular flexibility index (Phi) is 5.07. The van der Waals surface area contributed by atoms with E-state index in [-0.39, 0.29) is 0 Å². The molecule has 1 aromatic heterocycles. The van der Waals surface area contributed by atoms with E-state index in [1.807, 2.05) is 0 Å². The van der Waals surface area contributed by atoms with Gasteiger partial charge in [-0.25, -0.2) is 0 Å². The second kappa shape index (κ2) is 6.58. The van der Waals surface area contributed by atoms with Crippen LogP contribution >= 0.6 is 11.6 Å². The molecule has 1 aromatic rings. The zero-order valence-electron chi connectivity index (χ0n) is 11.5. The van der Waals surface area contributed by atoms with Gasteiger partial charge in [-0.2, -0.15) is 5.10 Å². The molecule has 1 aliphatic rings. The van der Waals surface area contributed by atoms with E-state index in [0.717, 1.165) is 18.1 Å². The summed E-state index contributed by atoms with van der Waals surface area (Å²) in [5.41, 5.74) is 1.24. The Balaban J connectivity index is 2.19. The Labute approximate surface area is 115 Å². The Morgan fingerprint density at radius 1 is 1.39 bits per heavy atom. The molecule has 1 heterocycles. The Morgan fingerprint density at radius 2 is 2.17 bits per heavy atom. The first-order valence-corrected chi connectivity index (χ1v) is 7.60. The molecule has 3 nitrogen and oxygen atoms in total. The molecule has 1 saturated carbocycles. The molecule has 4 heteroatoms. The van der Waals surface area contributed by atoms with E-state index in [0.29, 0.717) is 12.0 Å². The first kappa shape index (κ1) is 13.9. The minimum Gasteiger partial charge on any atom is -0.313 e. The monoisotopic (exact) mass is 269 g/mol. The molecule has 2 atom stereocenters. The van der Waals surface area contributed by atoms with Crippen LogP contribution in [-0.2, 0) is 6.54 Å². The fraction of sp³-hybridized carbons (Fsp3) is 0.786. The molecule has 1 N–H and O–H groups in total. The molecule has 0 saturated heterocycles. The second-order valence-electron chi connectivity index (χ2n) is 5.15. The van der Waals surface area contributed by atoms with E-state index < -0.39 is 0 Å². The van der Waals surface area contributed by atoms with Crippen molar-refractivity contribution < 1.29 is 0 Å². The van der Waals surface area contributed by atoms with Gasteiger partial charge in [-0.15, -0.1) is 0 Å².